The molecule has 0 aliphatic rings. The summed E-state index contributed by atoms with van der Waals surface area (Å²) in [6, 6.07) is 9.43. The van der Waals surface area contributed by atoms with Gasteiger partial charge in [0.25, 0.3) is 0 Å². The second-order valence-electron chi connectivity index (χ2n) is 5.84. The predicted molar refractivity (Wildman–Crippen MR) is 92.2 cm³/mol. The van der Waals surface area contributed by atoms with Gasteiger partial charge >= 0.3 is 0 Å². The first-order valence-electron chi connectivity index (χ1n) is 8.02. The van der Waals surface area contributed by atoms with Crippen LogP contribution in [0.15, 0.2) is 42.5 Å². The summed E-state index contributed by atoms with van der Waals surface area (Å²) in [6.07, 6.45) is 0. The first-order chi connectivity index (χ1) is 11.9. The van der Waals surface area contributed by atoms with Gasteiger partial charge < -0.3 is 10.1 Å². The maximum absolute atomic E-state index is 13.5. The van der Waals surface area contributed by atoms with E-state index in [1.54, 1.807) is 25.1 Å². The minimum atomic E-state index is -0.497. The molecule has 0 aliphatic heterocycles. The van der Waals surface area contributed by atoms with Crippen LogP contribution in [0.5, 0.6) is 5.75 Å². The Hall–Kier alpha value is -2.47. The topological polar surface area (TPSA) is 50.4 Å². The molecule has 0 radical (unpaired) electrons. The lowest BCUT2D eigenvalue weighted by Gasteiger charge is -2.21. The molecule has 0 aliphatic carbocycles. The zero-order valence-corrected chi connectivity index (χ0v) is 14.5. The lowest BCUT2D eigenvalue weighted by molar-refractivity contribution is -0.123. The highest BCUT2D eigenvalue weighted by atomic mass is 19.1. The summed E-state index contributed by atoms with van der Waals surface area (Å²) in [7, 11) is 1.52. The third-order valence-corrected chi connectivity index (χ3v) is 3.93. The lowest BCUT2D eigenvalue weighted by atomic mass is 10.1. The van der Waals surface area contributed by atoms with Gasteiger partial charge in [0, 0.05) is 18.2 Å². The van der Waals surface area contributed by atoms with Gasteiger partial charge in [0.15, 0.2) is 0 Å². The molecule has 4 nitrogen and oxygen atoms in total. The number of rotatable bonds is 7. The molecule has 0 bridgehead atoms. The molecule has 0 unspecified atom stereocenters. The van der Waals surface area contributed by atoms with Crippen LogP contribution in [0, 0.1) is 11.6 Å². The number of amides is 1. The Morgan fingerprint density at radius 1 is 1.08 bits per heavy atom. The molecule has 0 heterocycles. The van der Waals surface area contributed by atoms with Crippen LogP contribution in [-0.2, 0) is 11.3 Å². The molecule has 0 spiro atoms. The fourth-order valence-corrected chi connectivity index (χ4v) is 2.53. The van der Waals surface area contributed by atoms with E-state index in [-0.39, 0.29) is 23.6 Å². The van der Waals surface area contributed by atoms with E-state index in [1.807, 2.05) is 6.92 Å². The van der Waals surface area contributed by atoms with Crippen molar-refractivity contribution in [1.82, 2.24) is 10.6 Å². The molecule has 0 aromatic heterocycles. The van der Waals surface area contributed by atoms with Crippen LogP contribution in [0.2, 0.25) is 0 Å². The van der Waals surface area contributed by atoms with Crippen molar-refractivity contribution >= 4 is 5.91 Å². The Balaban J connectivity index is 1.94. The fourth-order valence-electron chi connectivity index (χ4n) is 2.53. The normalized spacial score (nSPS) is 13.2. The van der Waals surface area contributed by atoms with Gasteiger partial charge in [-0.2, -0.15) is 0 Å². The minimum absolute atomic E-state index is 0.202. The second kappa shape index (κ2) is 8.58. The van der Waals surface area contributed by atoms with Crippen LogP contribution in [0.25, 0.3) is 0 Å². The highest BCUT2D eigenvalue weighted by Gasteiger charge is 2.19. The van der Waals surface area contributed by atoms with Crippen molar-refractivity contribution in [3.05, 3.63) is 65.2 Å². The molecule has 0 saturated heterocycles. The SMILES string of the molecule is COc1ccc(F)cc1[C@H](C)N[C@@H](C)C(=O)NCc1ccc(F)cc1. The summed E-state index contributed by atoms with van der Waals surface area (Å²) in [6.45, 7) is 3.87. The van der Waals surface area contributed by atoms with Crippen LogP contribution in [-0.4, -0.2) is 19.1 Å². The van der Waals surface area contributed by atoms with Crippen molar-refractivity contribution in [2.45, 2.75) is 32.5 Å². The first kappa shape index (κ1) is 18.9. The van der Waals surface area contributed by atoms with Crippen LogP contribution < -0.4 is 15.4 Å². The first-order valence-corrected chi connectivity index (χ1v) is 8.02. The number of carbonyl (C=O) groups is 1. The maximum atomic E-state index is 13.5. The highest BCUT2D eigenvalue weighted by Crippen LogP contribution is 2.26. The third-order valence-electron chi connectivity index (χ3n) is 3.93. The molecule has 25 heavy (non-hydrogen) atoms. The molecule has 2 aromatic rings. The summed E-state index contributed by atoms with van der Waals surface area (Å²) in [4.78, 5) is 12.2. The number of halogens is 2. The van der Waals surface area contributed by atoms with E-state index in [4.69, 9.17) is 4.74 Å². The zero-order valence-electron chi connectivity index (χ0n) is 14.5. The summed E-state index contributed by atoms with van der Waals surface area (Å²) in [5, 5.41) is 5.91. The third kappa shape index (κ3) is 5.26. The van der Waals surface area contributed by atoms with Gasteiger partial charge in [0.1, 0.15) is 17.4 Å². The molecule has 1 amide bonds. The Labute approximate surface area is 146 Å². The number of ether oxygens (including phenoxy) is 1. The van der Waals surface area contributed by atoms with Crippen LogP contribution in [0.3, 0.4) is 0 Å². The van der Waals surface area contributed by atoms with E-state index in [9.17, 15) is 13.6 Å². The van der Waals surface area contributed by atoms with Crippen LogP contribution in [0.4, 0.5) is 8.78 Å². The minimum Gasteiger partial charge on any atom is -0.496 e. The van der Waals surface area contributed by atoms with E-state index in [1.165, 1.54) is 31.4 Å². The summed E-state index contributed by atoms with van der Waals surface area (Å²) in [5.41, 5.74) is 1.45. The molecule has 2 atom stereocenters. The molecule has 2 rings (SSSR count). The number of hydrogen-bond donors (Lipinski definition) is 2. The fraction of sp³-hybridized carbons (Fsp3) is 0.316. The predicted octanol–water partition coefficient (Wildman–Crippen LogP) is 3.33. The number of carbonyl (C=O) groups excluding carboxylic acids is 1. The van der Waals surface area contributed by atoms with E-state index in [0.29, 0.717) is 17.9 Å². The molecule has 2 aromatic carbocycles. The van der Waals surface area contributed by atoms with Crippen LogP contribution in [0.1, 0.15) is 31.0 Å². The van der Waals surface area contributed by atoms with Crippen molar-refractivity contribution in [3.63, 3.8) is 0 Å². The van der Waals surface area contributed by atoms with E-state index < -0.39 is 6.04 Å². The number of benzene rings is 2. The zero-order chi connectivity index (χ0) is 18.4. The molecular weight excluding hydrogens is 326 g/mol. The van der Waals surface area contributed by atoms with Gasteiger partial charge in [0.2, 0.25) is 5.91 Å². The second-order valence-corrected chi connectivity index (χ2v) is 5.84. The Morgan fingerprint density at radius 3 is 2.36 bits per heavy atom. The number of methoxy groups -OCH3 is 1. The maximum Gasteiger partial charge on any atom is 0.237 e. The van der Waals surface area contributed by atoms with Gasteiger partial charge in [-0.15, -0.1) is 0 Å². The van der Waals surface area contributed by atoms with Crippen LogP contribution >= 0.6 is 0 Å². The smallest absolute Gasteiger partial charge is 0.237 e. The molecule has 6 heteroatoms. The standard InChI is InChI=1S/C19H22F2N2O2/c1-12(17-10-16(21)8-9-18(17)25-3)23-13(2)19(24)22-11-14-4-6-15(20)7-5-14/h4-10,12-13,23H,11H2,1-3H3,(H,22,24)/t12-,13-/m0/s1. The summed E-state index contributed by atoms with van der Waals surface area (Å²) in [5.74, 6) is -0.326. The van der Waals surface area contributed by atoms with Gasteiger partial charge in [-0.1, -0.05) is 12.1 Å². The Bertz CT molecular complexity index is 720. The largest absolute Gasteiger partial charge is 0.496 e. The number of nitrogens with one attached hydrogen (secondary N) is 2. The summed E-state index contributed by atoms with van der Waals surface area (Å²) >= 11 is 0. The van der Waals surface area contributed by atoms with Gasteiger partial charge in [-0.3, -0.25) is 10.1 Å². The monoisotopic (exact) mass is 348 g/mol. The quantitative estimate of drug-likeness (QED) is 0.807. The van der Waals surface area contributed by atoms with Gasteiger partial charge in [0.05, 0.1) is 13.2 Å². The van der Waals surface area contributed by atoms with Crippen molar-refractivity contribution in [1.29, 1.82) is 0 Å². The molecule has 134 valence electrons. The average Bonchev–Trinajstić information content (AvgIpc) is 2.60. The van der Waals surface area contributed by atoms with Crippen molar-refractivity contribution in [2.24, 2.45) is 0 Å². The van der Waals surface area contributed by atoms with Crippen molar-refractivity contribution in [2.75, 3.05) is 7.11 Å². The molecule has 0 fully saturated rings. The van der Waals surface area contributed by atoms with Gasteiger partial charge in [-0.05, 0) is 49.7 Å². The van der Waals surface area contributed by atoms with E-state index in [2.05, 4.69) is 10.6 Å². The molecular formula is C19H22F2N2O2. The Morgan fingerprint density at radius 2 is 1.72 bits per heavy atom. The Kier molecular flexibility index (Phi) is 6.47. The molecule has 0 saturated carbocycles. The number of hydrogen-bond acceptors (Lipinski definition) is 3. The lowest BCUT2D eigenvalue weighted by Crippen LogP contribution is -2.42. The van der Waals surface area contributed by atoms with E-state index in [0.717, 1.165) is 5.56 Å². The molecule has 2 N–H and O–H groups in total. The average molecular weight is 348 g/mol. The summed E-state index contributed by atoms with van der Waals surface area (Å²) < 4.78 is 31.6. The highest BCUT2D eigenvalue weighted by molar-refractivity contribution is 5.81. The van der Waals surface area contributed by atoms with Gasteiger partial charge in [-0.25, -0.2) is 8.78 Å². The van der Waals surface area contributed by atoms with E-state index >= 15 is 0 Å². The van der Waals surface area contributed by atoms with Crippen molar-refractivity contribution < 1.29 is 18.3 Å². The van der Waals surface area contributed by atoms with Crippen molar-refractivity contribution in [3.8, 4) is 5.75 Å².